The van der Waals surface area contributed by atoms with Gasteiger partial charge in [0.2, 0.25) is 47.3 Å². The molecule has 0 aliphatic heterocycles. The number of carbonyl (C=O) groups is 9. The van der Waals surface area contributed by atoms with Crippen LogP contribution in [0.1, 0.15) is 84.3 Å². The second-order valence-electron chi connectivity index (χ2n) is 19.6. The highest BCUT2D eigenvalue weighted by molar-refractivity contribution is 7.98. The number of thioether (sulfide) groups is 1. The minimum Gasteiger partial charge on any atom is -0.497 e. The van der Waals surface area contributed by atoms with Crippen LogP contribution in [0, 0.1) is 5.92 Å². The van der Waals surface area contributed by atoms with Gasteiger partial charge in [0.05, 0.1) is 12.6 Å². The number of nitrogens with two attached hydrogens (primary N) is 1. The Hall–Kier alpha value is -7.13. The first kappa shape index (κ1) is 58.8. The standard InChI is InChI=1S/C53H68ClN9O11S/c1-30(2)25-40(45(55)67)59-51(73)53(22-23-53)62-49(71)38(19-20-44(65)66)57-47(69)42(27-33-29-63(35-14-16-36(74-6)17-15-35)43-28-34(54)13-18-37(33)43)60-50(72)52(4,5)61-48(70)39(21-24-75-7)58-46(68)41(56-31(3)64)26-32-11-9-8-10-12-32/h8-18,28-30,38-42H,19-27H2,1-7H3,(H2,55,67)(H,56,64)(H,57,69)(H,58,68)(H,59,73)(H,60,72)(H,61,70)(H,62,71)(H,65,66)/t38-,39-,40-,41-,42-/m0/s1. The number of fused-ring (bicyclic) bond motifs is 1. The van der Waals surface area contributed by atoms with Crippen molar-refractivity contribution in [2.75, 3.05) is 19.1 Å². The van der Waals surface area contributed by atoms with Crippen LogP contribution in [0.2, 0.25) is 5.02 Å². The van der Waals surface area contributed by atoms with Crippen LogP contribution >= 0.6 is 23.4 Å². The van der Waals surface area contributed by atoms with Gasteiger partial charge in [0, 0.05) is 48.5 Å². The van der Waals surface area contributed by atoms with E-state index in [0.717, 1.165) is 5.56 Å². The van der Waals surface area contributed by atoms with Gasteiger partial charge in [-0.3, -0.25) is 43.2 Å². The molecule has 0 unspecified atom stereocenters. The molecule has 1 aliphatic rings. The van der Waals surface area contributed by atoms with Gasteiger partial charge in [-0.25, -0.2) is 0 Å². The molecule has 20 nitrogen and oxygen atoms in total. The molecular formula is C53H68ClN9O11S. The number of nitrogens with zero attached hydrogens (tertiary/aromatic N) is 1. The van der Waals surface area contributed by atoms with E-state index in [-0.39, 0.29) is 44.4 Å². The number of carboxylic acid groups (broad SMARTS) is 1. The lowest BCUT2D eigenvalue weighted by molar-refractivity contribution is -0.139. The Morgan fingerprint density at radius 2 is 1.41 bits per heavy atom. The van der Waals surface area contributed by atoms with Gasteiger partial charge in [0.1, 0.15) is 47.0 Å². The van der Waals surface area contributed by atoms with Crippen molar-refractivity contribution in [2.24, 2.45) is 11.7 Å². The average Bonchev–Trinajstić information content (AvgIpc) is 4.06. The van der Waals surface area contributed by atoms with Crippen molar-refractivity contribution in [1.82, 2.24) is 41.8 Å². The summed E-state index contributed by atoms with van der Waals surface area (Å²) in [7, 11) is 1.54. The molecule has 0 saturated heterocycles. The van der Waals surface area contributed by atoms with E-state index >= 15 is 0 Å². The quantitative estimate of drug-likeness (QED) is 0.0396. The summed E-state index contributed by atoms with van der Waals surface area (Å²) in [6, 6.07) is 15.0. The van der Waals surface area contributed by atoms with Crippen molar-refractivity contribution in [3.63, 3.8) is 0 Å². The van der Waals surface area contributed by atoms with E-state index in [0.29, 0.717) is 38.7 Å². The number of ether oxygens (including phenoxy) is 1. The van der Waals surface area contributed by atoms with Gasteiger partial charge in [0.25, 0.3) is 0 Å². The third kappa shape index (κ3) is 16.7. The number of halogens is 1. The van der Waals surface area contributed by atoms with E-state index in [1.165, 1.54) is 39.6 Å². The molecule has 4 aromatic rings. The van der Waals surface area contributed by atoms with Crippen LogP contribution in [-0.2, 0) is 56.0 Å². The van der Waals surface area contributed by atoms with Crippen LogP contribution in [0.15, 0.2) is 79.0 Å². The van der Waals surface area contributed by atoms with Crippen LogP contribution in [0.5, 0.6) is 5.75 Å². The van der Waals surface area contributed by atoms with Crippen molar-refractivity contribution < 1.29 is 53.0 Å². The van der Waals surface area contributed by atoms with Crippen LogP contribution in [0.4, 0.5) is 0 Å². The molecule has 0 bridgehead atoms. The van der Waals surface area contributed by atoms with Gasteiger partial charge in [-0.2, -0.15) is 11.8 Å². The lowest BCUT2D eigenvalue weighted by Gasteiger charge is -2.31. The molecule has 0 spiro atoms. The van der Waals surface area contributed by atoms with E-state index in [1.807, 2.05) is 42.9 Å². The number of primary amides is 1. The second-order valence-corrected chi connectivity index (χ2v) is 21.1. The first-order valence-corrected chi connectivity index (χ1v) is 26.3. The second kappa shape index (κ2) is 26.4. The predicted molar refractivity (Wildman–Crippen MR) is 285 cm³/mol. The van der Waals surface area contributed by atoms with E-state index in [1.54, 1.807) is 60.8 Å². The van der Waals surface area contributed by atoms with E-state index in [9.17, 15) is 48.3 Å². The number of hydrogen-bond acceptors (Lipinski definition) is 11. The number of benzene rings is 3. The summed E-state index contributed by atoms with van der Waals surface area (Å²) in [6.45, 7) is 7.78. The molecule has 22 heteroatoms. The maximum atomic E-state index is 14.8. The topological polar surface area (TPSA) is 298 Å². The Morgan fingerprint density at radius 1 is 0.787 bits per heavy atom. The van der Waals surface area contributed by atoms with Crippen molar-refractivity contribution >= 4 is 87.5 Å². The molecule has 10 N–H and O–H groups in total. The van der Waals surface area contributed by atoms with Gasteiger partial charge in [-0.1, -0.05) is 61.8 Å². The van der Waals surface area contributed by atoms with Crippen LogP contribution in [-0.4, -0.2) is 123 Å². The molecule has 1 saturated carbocycles. The monoisotopic (exact) mass is 1070 g/mol. The fourth-order valence-corrected chi connectivity index (χ4v) is 9.01. The summed E-state index contributed by atoms with van der Waals surface area (Å²) in [5.41, 5.74) is 4.98. The number of methoxy groups -OCH3 is 1. The number of carboxylic acids is 1. The molecule has 1 fully saturated rings. The SMILES string of the molecule is COc1ccc(-n2cc(C[C@H](NC(=O)C(C)(C)NC(=O)[C@H](CCSC)NC(=O)[C@H](Cc3ccccc3)NC(C)=O)C(=O)N[C@@H](CCC(=O)O)C(=O)NC3(C(=O)N[C@@H](CC(C)C)C(N)=O)CC3)c3ccc(Cl)cc32)cc1. The predicted octanol–water partition coefficient (Wildman–Crippen LogP) is 3.21. The summed E-state index contributed by atoms with van der Waals surface area (Å²) in [5, 5.41) is 29.6. The van der Waals surface area contributed by atoms with Crippen molar-refractivity contribution in [3.05, 3.63) is 95.1 Å². The van der Waals surface area contributed by atoms with Gasteiger partial charge < -0.3 is 57.4 Å². The fourth-order valence-electron chi connectivity index (χ4n) is 8.37. The van der Waals surface area contributed by atoms with Gasteiger partial charge in [-0.05, 0) is 111 Å². The normalized spacial score (nSPS) is 14.7. The highest BCUT2D eigenvalue weighted by Crippen LogP contribution is 2.36. The number of aromatic nitrogens is 1. The zero-order valence-electron chi connectivity index (χ0n) is 43.2. The molecule has 0 radical (unpaired) electrons. The Bertz CT molecular complexity index is 2730. The van der Waals surface area contributed by atoms with Gasteiger partial charge >= 0.3 is 5.97 Å². The molecule has 1 heterocycles. The molecule has 75 heavy (non-hydrogen) atoms. The van der Waals surface area contributed by atoms with E-state index in [2.05, 4.69) is 37.2 Å². The molecule has 1 aliphatic carbocycles. The Balaban J connectivity index is 1.46. The lowest BCUT2D eigenvalue weighted by Crippen LogP contribution is -2.63. The van der Waals surface area contributed by atoms with Crippen molar-refractivity contribution in [2.45, 2.75) is 127 Å². The molecular weight excluding hydrogens is 1010 g/mol. The Labute approximate surface area is 445 Å². The number of carbonyl (C=O) groups excluding carboxylic acids is 8. The first-order chi connectivity index (χ1) is 35.4. The zero-order valence-corrected chi connectivity index (χ0v) is 44.7. The number of hydrogen-bond donors (Lipinski definition) is 9. The average molecular weight is 1070 g/mol. The Morgan fingerprint density at radius 3 is 1.97 bits per heavy atom. The van der Waals surface area contributed by atoms with Gasteiger partial charge in [0.15, 0.2) is 0 Å². The molecule has 8 amide bonds. The first-order valence-electron chi connectivity index (χ1n) is 24.6. The zero-order chi connectivity index (χ0) is 55.2. The third-order valence-corrected chi connectivity index (χ3v) is 13.5. The largest absolute Gasteiger partial charge is 0.497 e. The van der Waals surface area contributed by atoms with Crippen molar-refractivity contribution in [1.29, 1.82) is 0 Å². The lowest BCUT2D eigenvalue weighted by atomic mass is 9.99. The fraction of sp³-hybridized carbons (Fsp3) is 0.453. The summed E-state index contributed by atoms with van der Waals surface area (Å²) in [6.07, 6.45) is 3.27. The third-order valence-electron chi connectivity index (χ3n) is 12.7. The summed E-state index contributed by atoms with van der Waals surface area (Å²) >= 11 is 7.93. The minimum absolute atomic E-state index is 0.00887. The smallest absolute Gasteiger partial charge is 0.303 e. The maximum absolute atomic E-state index is 14.8. The number of amides is 8. The highest BCUT2D eigenvalue weighted by atomic mass is 35.5. The summed E-state index contributed by atoms with van der Waals surface area (Å²) in [5.74, 6) is -6.13. The van der Waals surface area contributed by atoms with Crippen LogP contribution in [0.3, 0.4) is 0 Å². The summed E-state index contributed by atoms with van der Waals surface area (Å²) in [4.78, 5) is 121. The van der Waals surface area contributed by atoms with Crippen LogP contribution in [0.25, 0.3) is 16.6 Å². The highest BCUT2D eigenvalue weighted by Gasteiger charge is 2.52. The number of aliphatic carboxylic acids is 1. The van der Waals surface area contributed by atoms with E-state index in [4.69, 9.17) is 22.1 Å². The Kier molecular flexibility index (Phi) is 20.7. The maximum Gasteiger partial charge on any atom is 0.303 e. The minimum atomic E-state index is -1.77. The molecule has 5 rings (SSSR count). The van der Waals surface area contributed by atoms with Gasteiger partial charge in [-0.15, -0.1) is 0 Å². The molecule has 404 valence electrons. The molecule has 3 aromatic carbocycles. The molecule has 1 aromatic heterocycles. The van der Waals surface area contributed by atoms with Crippen LogP contribution < -0.4 is 47.7 Å². The van der Waals surface area contributed by atoms with E-state index < -0.39 is 107 Å². The number of nitrogens with one attached hydrogen (secondary N) is 7. The summed E-state index contributed by atoms with van der Waals surface area (Å²) < 4.78 is 7.19. The number of rotatable bonds is 28. The molecule has 5 atom stereocenters. The van der Waals surface area contributed by atoms with Crippen molar-refractivity contribution in [3.8, 4) is 11.4 Å².